The number of rotatable bonds is 1. The molecule has 5 heteroatoms. The second kappa shape index (κ2) is 4.82. The molecule has 0 saturated carbocycles. The normalized spacial score (nSPS) is 11.6. The van der Waals surface area contributed by atoms with Crippen LogP contribution in [0.4, 0.5) is 13.2 Å². The summed E-state index contributed by atoms with van der Waals surface area (Å²) in [5.41, 5.74) is -0.561. The van der Waals surface area contributed by atoms with E-state index in [1.54, 1.807) is 12.1 Å². The third-order valence-corrected chi connectivity index (χ3v) is 3.11. The summed E-state index contributed by atoms with van der Waals surface area (Å²) in [5, 5.41) is -0.0785. The van der Waals surface area contributed by atoms with Crippen molar-refractivity contribution in [2.24, 2.45) is 0 Å². The van der Waals surface area contributed by atoms with Gasteiger partial charge >= 0.3 is 6.18 Å². The number of benzene rings is 2. The number of alkyl halides is 3. The summed E-state index contributed by atoms with van der Waals surface area (Å²) in [6.07, 6.45) is -4.52. The molecule has 0 radical (unpaired) electrons. The highest BCUT2D eigenvalue weighted by Crippen LogP contribution is 2.42. The first-order valence-corrected chi connectivity index (χ1v) is 5.77. The Labute approximate surface area is 112 Å². The summed E-state index contributed by atoms with van der Waals surface area (Å²) in [5.74, 6) is 0. The highest BCUT2D eigenvalue weighted by molar-refractivity contribution is 6.34. The molecule has 0 amide bonds. The average molecular weight is 291 g/mol. The molecule has 94 valence electrons. The molecule has 0 N–H and O–H groups in total. The van der Waals surface area contributed by atoms with Gasteiger partial charge in [-0.2, -0.15) is 13.2 Å². The van der Waals surface area contributed by atoms with Gasteiger partial charge in [-0.25, -0.2) is 0 Å². The molecule has 0 bridgehead atoms. The second-order valence-electron chi connectivity index (χ2n) is 3.64. The molecule has 0 aliphatic rings. The first kappa shape index (κ1) is 13.2. The van der Waals surface area contributed by atoms with Crippen molar-refractivity contribution in [3.63, 3.8) is 0 Å². The minimum absolute atomic E-state index is 0.0133. The number of hydrogen-bond donors (Lipinski definition) is 0. The van der Waals surface area contributed by atoms with E-state index in [0.717, 1.165) is 0 Å². The molecular formula is C13H7Cl2F3. The van der Waals surface area contributed by atoms with Crippen LogP contribution in [0.1, 0.15) is 5.56 Å². The Morgan fingerprint density at radius 2 is 1.28 bits per heavy atom. The van der Waals surface area contributed by atoms with Gasteiger partial charge in [0.2, 0.25) is 0 Å². The maximum Gasteiger partial charge on any atom is 0.418 e. The molecule has 0 heterocycles. The molecule has 0 nitrogen and oxygen atoms in total. The van der Waals surface area contributed by atoms with Gasteiger partial charge in [0.1, 0.15) is 0 Å². The average Bonchev–Trinajstić information content (AvgIpc) is 2.27. The summed E-state index contributed by atoms with van der Waals surface area (Å²) >= 11 is 11.6. The summed E-state index contributed by atoms with van der Waals surface area (Å²) in [4.78, 5) is 0. The lowest BCUT2D eigenvalue weighted by Gasteiger charge is -2.15. The number of halogens is 5. The van der Waals surface area contributed by atoms with Gasteiger partial charge in [-0.15, -0.1) is 0 Å². The molecule has 18 heavy (non-hydrogen) atoms. The van der Waals surface area contributed by atoms with Gasteiger partial charge in [0.05, 0.1) is 10.6 Å². The van der Waals surface area contributed by atoms with Crippen molar-refractivity contribution in [2.75, 3.05) is 0 Å². The van der Waals surface area contributed by atoms with Crippen LogP contribution >= 0.6 is 23.2 Å². The molecule has 2 aromatic rings. The van der Waals surface area contributed by atoms with Gasteiger partial charge in [0.25, 0.3) is 0 Å². The monoisotopic (exact) mass is 290 g/mol. The quantitative estimate of drug-likeness (QED) is 0.634. The highest BCUT2D eigenvalue weighted by Gasteiger charge is 2.36. The molecule has 0 aliphatic carbocycles. The van der Waals surface area contributed by atoms with E-state index in [1.807, 2.05) is 0 Å². The molecule has 0 saturated heterocycles. The van der Waals surface area contributed by atoms with Crippen LogP contribution in [-0.4, -0.2) is 0 Å². The van der Waals surface area contributed by atoms with Crippen molar-refractivity contribution >= 4 is 23.2 Å². The molecule has 0 atom stereocenters. The summed E-state index contributed by atoms with van der Waals surface area (Å²) in [6.45, 7) is 0. The van der Waals surface area contributed by atoms with E-state index < -0.39 is 11.7 Å². The van der Waals surface area contributed by atoms with E-state index in [-0.39, 0.29) is 15.6 Å². The second-order valence-corrected chi connectivity index (χ2v) is 4.45. The van der Waals surface area contributed by atoms with Crippen LogP contribution in [0.3, 0.4) is 0 Å². The fourth-order valence-electron chi connectivity index (χ4n) is 1.72. The van der Waals surface area contributed by atoms with Crippen molar-refractivity contribution in [3.8, 4) is 11.1 Å². The first-order valence-electron chi connectivity index (χ1n) is 5.02. The summed E-state index contributed by atoms with van der Waals surface area (Å²) in [7, 11) is 0. The van der Waals surface area contributed by atoms with E-state index in [2.05, 4.69) is 0 Å². The largest absolute Gasteiger partial charge is 0.418 e. The SMILES string of the molecule is FC(F)(F)c1c(Cl)cccc1-c1ccccc1Cl. The lowest BCUT2D eigenvalue weighted by atomic mass is 9.99. The van der Waals surface area contributed by atoms with Gasteiger partial charge in [0.15, 0.2) is 0 Å². The zero-order chi connectivity index (χ0) is 13.3. The fourth-order valence-corrected chi connectivity index (χ4v) is 2.24. The zero-order valence-corrected chi connectivity index (χ0v) is 10.4. The molecule has 0 aliphatic heterocycles. The Hall–Kier alpha value is -1.19. The van der Waals surface area contributed by atoms with E-state index in [4.69, 9.17) is 23.2 Å². The minimum atomic E-state index is -4.52. The van der Waals surface area contributed by atoms with Crippen LogP contribution in [0.25, 0.3) is 11.1 Å². The van der Waals surface area contributed by atoms with Gasteiger partial charge in [-0.3, -0.25) is 0 Å². The highest BCUT2D eigenvalue weighted by atomic mass is 35.5. The van der Waals surface area contributed by atoms with E-state index in [0.29, 0.717) is 5.56 Å². The maximum atomic E-state index is 13.0. The van der Waals surface area contributed by atoms with Gasteiger partial charge in [0, 0.05) is 10.6 Å². The van der Waals surface area contributed by atoms with Crippen molar-refractivity contribution in [1.29, 1.82) is 0 Å². The van der Waals surface area contributed by atoms with E-state index in [9.17, 15) is 13.2 Å². The van der Waals surface area contributed by atoms with E-state index in [1.165, 1.54) is 30.3 Å². The molecule has 2 rings (SSSR count). The predicted octanol–water partition coefficient (Wildman–Crippen LogP) is 5.68. The Bertz CT molecular complexity index is 577. The summed E-state index contributed by atoms with van der Waals surface area (Å²) < 4.78 is 39.0. The maximum absolute atomic E-state index is 13.0. The van der Waals surface area contributed by atoms with E-state index >= 15 is 0 Å². The summed E-state index contributed by atoms with van der Waals surface area (Å²) in [6, 6.07) is 10.4. The molecule has 2 aromatic carbocycles. The van der Waals surface area contributed by atoms with Gasteiger partial charge in [-0.05, 0) is 17.7 Å². The topological polar surface area (TPSA) is 0 Å². The van der Waals surface area contributed by atoms with Crippen LogP contribution in [0, 0.1) is 0 Å². The van der Waals surface area contributed by atoms with Crippen molar-refractivity contribution in [3.05, 3.63) is 58.1 Å². The van der Waals surface area contributed by atoms with Crippen LogP contribution in [-0.2, 0) is 6.18 Å². The molecule has 0 aromatic heterocycles. The Balaban J connectivity index is 2.73. The van der Waals surface area contributed by atoms with Crippen LogP contribution in [0.5, 0.6) is 0 Å². The lowest BCUT2D eigenvalue weighted by Crippen LogP contribution is -2.08. The fraction of sp³-hybridized carbons (Fsp3) is 0.0769. The standard InChI is InChI=1S/C13H7Cl2F3/c14-10-6-2-1-4-8(10)9-5-3-7-11(15)12(9)13(16,17)18/h1-7H. The molecule has 0 spiro atoms. The predicted molar refractivity (Wildman–Crippen MR) is 66.9 cm³/mol. The van der Waals surface area contributed by atoms with Crippen molar-refractivity contribution in [1.82, 2.24) is 0 Å². The smallest absolute Gasteiger partial charge is 0.166 e. The van der Waals surface area contributed by atoms with Gasteiger partial charge in [-0.1, -0.05) is 53.5 Å². The zero-order valence-electron chi connectivity index (χ0n) is 8.93. The van der Waals surface area contributed by atoms with Crippen LogP contribution < -0.4 is 0 Å². The number of hydrogen-bond acceptors (Lipinski definition) is 0. The molecule has 0 fully saturated rings. The third kappa shape index (κ3) is 2.47. The van der Waals surface area contributed by atoms with Crippen LogP contribution in [0.15, 0.2) is 42.5 Å². The van der Waals surface area contributed by atoms with Gasteiger partial charge < -0.3 is 0 Å². The molecular weight excluding hydrogens is 284 g/mol. The lowest BCUT2D eigenvalue weighted by molar-refractivity contribution is -0.137. The van der Waals surface area contributed by atoms with Crippen molar-refractivity contribution in [2.45, 2.75) is 6.18 Å². The third-order valence-electron chi connectivity index (χ3n) is 2.46. The molecule has 0 unspecified atom stereocenters. The van der Waals surface area contributed by atoms with Crippen molar-refractivity contribution < 1.29 is 13.2 Å². The minimum Gasteiger partial charge on any atom is -0.166 e. The Morgan fingerprint density at radius 3 is 1.89 bits per heavy atom. The first-order chi connectivity index (χ1) is 8.41. The van der Waals surface area contributed by atoms with Crippen LogP contribution in [0.2, 0.25) is 10.0 Å². The Kier molecular flexibility index (Phi) is 3.55. The Morgan fingerprint density at radius 1 is 0.722 bits per heavy atom.